The van der Waals surface area contributed by atoms with Crippen molar-refractivity contribution in [3.8, 4) is 0 Å². The van der Waals surface area contributed by atoms with Gasteiger partial charge in [0, 0.05) is 25.4 Å². The second-order valence-corrected chi connectivity index (χ2v) is 7.07. The number of unbranched alkanes of at least 4 members (excludes halogenated alkanes) is 1. The van der Waals surface area contributed by atoms with Crippen LogP contribution in [0, 0.1) is 0 Å². The molecule has 0 spiro atoms. The van der Waals surface area contributed by atoms with Crippen LogP contribution in [0.4, 0.5) is 0 Å². The molecule has 0 fully saturated rings. The predicted molar refractivity (Wildman–Crippen MR) is 89.0 cm³/mol. The van der Waals surface area contributed by atoms with Gasteiger partial charge in [-0.2, -0.15) is 0 Å². The highest BCUT2D eigenvalue weighted by atomic mass is 32.2. The molecule has 110 valence electrons. The number of rotatable bonds is 7. The monoisotopic (exact) mass is 310 g/mol. The van der Waals surface area contributed by atoms with E-state index < -0.39 is 0 Å². The highest BCUT2D eigenvalue weighted by Crippen LogP contribution is 2.24. The van der Waals surface area contributed by atoms with Gasteiger partial charge in [0.15, 0.2) is 10.2 Å². The summed E-state index contributed by atoms with van der Waals surface area (Å²) in [6.07, 6.45) is 3.44. The van der Waals surface area contributed by atoms with Crippen molar-refractivity contribution in [2.75, 3.05) is 0 Å². The summed E-state index contributed by atoms with van der Waals surface area (Å²) in [6, 6.07) is 6.45. The molecule has 1 rings (SSSR count). The van der Waals surface area contributed by atoms with E-state index in [-0.39, 0.29) is 10.2 Å². The fourth-order valence-corrected chi connectivity index (χ4v) is 3.12. The fourth-order valence-electron chi connectivity index (χ4n) is 1.85. The molecular weight excluding hydrogens is 288 g/mol. The zero-order valence-corrected chi connectivity index (χ0v) is 14.0. The zero-order chi connectivity index (χ0) is 15.0. The minimum Gasteiger partial charge on any atom is -0.288 e. The van der Waals surface area contributed by atoms with Gasteiger partial charge in [0.2, 0.25) is 0 Å². The van der Waals surface area contributed by atoms with E-state index in [1.54, 1.807) is 13.8 Å². The van der Waals surface area contributed by atoms with Crippen molar-refractivity contribution in [3.63, 3.8) is 0 Å². The van der Waals surface area contributed by atoms with Crippen LogP contribution in [-0.4, -0.2) is 10.2 Å². The van der Waals surface area contributed by atoms with Crippen molar-refractivity contribution in [1.29, 1.82) is 0 Å². The first kappa shape index (κ1) is 17.3. The van der Waals surface area contributed by atoms with E-state index in [0.29, 0.717) is 11.5 Å². The number of aryl methyl sites for hydroxylation is 1. The molecule has 2 nitrogen and oxygen atoms in total. The number of carbonyl (C=O) groups excluding carboxylic acids is 2. The summed E-state index contributed by atoms with van der Waals surface area (Å²) in [5.41, 5.74) is 3.68. The Morgan fingerprint density at radius 1 is 1.00 bits per heavy atom. The van der Waals surface area contributed by atoms with Gasteiger partial charge in [-0.05, 0) is 29.5 Å². The summed E-state index contributed by atoms with van der Waals surface area (Å²) >= 11 is 2.66. The molecule has 0 bridgehead atoms. The number of hydrogen-bond acceptors (Lipinski definition) is 4. The summed E-state index contributed by atoms with van der Waals surface area (Å²) in [4.78, 5) is 22.3. The van der Waals surface area contributed by atoms with Crippen LogP contribution >= 0.6 is 23.5 Å². The van der Waals surface area contributed by atoms with Gasteiger partial charge in [0.05, 0.1) is 0 Å². The molecule has 0 atom stereocenters. The minimum absolute atomic E-state index is 0.130. The molecule has 0 aromatic heterocycles. The summed E-state index contributed by atoms with van der Waals surface area (Å²) < 4.78 is 0. The molecule has 0 heterocycles. The van der Waals surface area contributed by atoms with E-state index in [1.807, 2.05) is 0 Å². The van der Waals surface area contributed by atoms with Crippen molar-refractivity contribution in [3.05, 3.63) is 34.9 Å². The minimum atomic E-state index is 0.130. The van der Waals surface area contributed by atoms with Crippen molar-refractivity contribution >= 4 is 33.8 Å². The smallest absolute Gasteiger partial charge is 0.186 e. The van der Waals surface area contributed by atoms with E-state index in [1.165, 1.54) is 53.1 Å². The molecule has 4 heteroatoms. The molecule has 20 heavy (non-hydrogen) atoms. The summed E-state index contributed by atoms with van der Waals surface area (Å²) in [5, 5.41) is 0.263. The Labute approximate surface area is 130 Å². The normalized spacial score (nSPS) is 10.6. The summed E-state index contributed by atoms with van der Waals surface area (Å²) in [5.74, 6) is 1.39. The lowest BCUT2D eigenvalue weighted by Gasteiger charge is -2.10. The predicted octanol–water partition coefficient (Wildman–Crippen LogP) is 4.59. The molecule has 0 N–H and O–H groups in total. The van der Waals surface area contributed by atoms with Gasteiger partial charge in [0.1, 0.15) is 0 Å². The number of carbonyl (C=O) groups is 2. The topological polar surface area (TPSA) is 34.1 Å². The summed E-state index contributed by atoms with van der Waals surface area (Å²) in [6.45, 7) is 5.37. The van der Waals surface area contributed by atoms with E-state index >= 15 is 0 Å². The van der Waals surface area contributed by atoms with Gasteiger partial charge in [-0.15, -0.1) is 0 Å². The Morgan fingerprint density at radius 2 is 1.60 bits per heavy atom. The van der Waals surface area contributed by atoms with Crippen LogP contribution in [-0.2, 0) is 27.5 Å². The molecule has 0 unspecified atom stereocenters. The molecule has 1 aromatic rings. The van der Waals surface area contributed by atoms with Crippen LogP contribution in [0.15, 0.2) is 18.2 Å². The molecule has 0 radical (unpaired) electrons. The Balaban J connectivity index is 2.84. The second kappa shape index (κ2) is 9.24. The zero-order valence-electron chi connectivity index (χ0n) is 12.4. The highest BCUT2D eigenvalue weighted by molar-refractivity contribution is 8.13. The van der Waals surface area contributed by atoms with Crippen LogP contribution in [0.3, 0.4) is 0 Å². The Kier molecular flexibility index (Phi) is 8.00. The SMILES string of the molecule is CCCCc1ccc(CSC(C)=O)c(CSC(C)=O)c1. The first-order valence-electron chi connectivity index (χ1n) is 6.90. The van der Waals surface area contributed by atoms with Crippen LogP contribution in [0.1, 0.15) is 50.3 Å². The molecule has 0 saturated carbocycles. The van der Waals surface area contributed by atoms with E-state index in [2.05, 4.69) is 25.1 Å². The number of thioether (sulfide) groups is 2. The van der Waals surface area contributed by atoms with Crippen LogP contribution in [0.25, 0.3) is 0 Å². The van der Waals surface area contributed by atoms with Crippen molar-refractivity contribution in [2.45, 2.75) is 51.5 Å². The van der Waals surface area contributed by atoms with Gasteiger partial charge in [-0.3, -0.25) is 9.59 Å². The van der Waals surface area contributed by atoms with Gasteiger partial charge < -0.3 is 0 Å². The highest BCUT2D eigenvalue weighted by Gasteiger charge is 2.07. The van der Waals surface area contributed by atoms with E-state index in [0.717, 1.165) is 6.42 Å². The van der Waals surface area contributed by atoms with Gasteiger partial charge in [-0.1, -0.05) is 55.1 Å². The molecule has 0 aliphatic carbocycles. The second-order valence-electron chi connectivity index (χ2n) is 4.77. The van der Waals surface area contributed by atoms with Gasteiger partial charge in [-0.25, -0.2) is 0 Å². The maximum Gasteiger partial charge on any atom is 0.186 e. The number of benzene rings is 1. The quantitative estimate of drug-likeness (QED) is 0.737. The third-order valence-electron chi connectivity index (χ3n) is 2.95. The third kappa shape index (κ3) is 6.62. The van der Waals surface area contributed by atoms with Crippen LogP contribution in [0.2, 0.25) is 0 Å². The Hall–Kier alpha value is -0.740. The molecule has 0 saturated heterocycles. The first-order valence-corrected chi connectivity index (χ1v) is 8.87. The maximum atomic E-state index is 11.2. The average Bonchev–Trinajstić information content (AvgIpc) is 2.41. The van der Waals surface area contributed by atoms with E-state index in [4.69, 9.17) is 0 Å². The van der Waals surface area contributed by atoms with Crippen LogP contribution < -0.4 is 0 Å². The molecule has 0 aliphatic rings. The van der Waals surface area contributed by atoms with E-state index in [9.17, 15) is 9.59 Å². The largest absolute Gasteiger partial charge is 0.288 e. The number of hydrogen-bond donors (Lipinski definition) is 0. The molecule has 0 aliphatic heterocycles. The lowest BCUT2D eigenvalue weighted by Crippen LogP contribution is -1.97. The van der Waals surface area contributed by atoms with Gasteiger partial charge in [0.25, 0.3) is 0 Å². The Morgan fingerprint density at radius 3 is 2.15 bits per heavy atom. The summed E-state index contributed by atoms with van der Waals surface area (Å²) in [7, 11) is 0. The van der Waals surface area contributed by atoms with Crippen molar-refractivity contribution < 1.29 is 9.59 Å². The maximum absolute atomic E-state index is 11.2. The molecule has 0 amide bonds. The lowest BCUT2D eigenvalue weighted by molar-refractivity contribution is -0.109. The lowest BCUT2D eigenvalue weighted by atomic mass is 10.0. The average molecular weight is 310 g/mol. The molecule has 1 aromatic carbocycles. The van der Waals surface area contributed by atoms with Crippen molar-refractivity contribution in [1.82, 2.24) is 0 Å². The third-order valence-corrected chi connectivity index (χ3v) is 4.68. The van der Waals surface area contributed by atoms with Gasteiger partial charge >= 0.3 is 0 Å². The Bertz CT molecular complexity index is 470. The van der Waals surface area contributed by atoms with Crippen LogP contribution in [0.5, 0.6) is 0 Å². The fraction of sp³-hybridized carbons (Fsp3) is 0.500. The standard InChI is InChI=1S/C16H22O2S2/c1-4-5-6-14-7-8-15(10-19-12(2)17)16(9-14)11-20-13(3)18/h7-9H,4-6,10-11H2,1-3H3. The van der Waals surface area contributed by atoms with Crippen molar-refractivity contribution in [2.24, 2.45) is 0 Å². The first-order chi connectivity index (χ1) is 9.52. The molecular formula is C16H22O2S2.